The van der Waals surface area contributed by atoms with Gasteiger partial charge in [-0.15, -0.1) is 0 Å². The van der Waals surface area contributed by atoms with Crippen LogP contribution in [0.4, 0.5) is 0 Å². The maximum Gasteiger partial charge on any atom is 0.136 e. The third kappa shape index (κ3) is 2.54. The molecule has 2 atom stereocenters. The molecule has 0 aliphatic carbocycles. The molecule has 0 bridgehead atoms. The zero-order valence-corrected chi connectivity index (χ0v) is 11.1. The summed E-state index contributed by atoms with van der Waals surface area (Å²) in [6.45, 7) is 2.87. The molecule has 0 saturated carbocycles. The zero-order chi connectivity index (χ0) is 11.7. The first-order valence-electron chi connectivity index (χ1n) is 6.73. The minimum atomic E-state index is 0.0567. The monoisotopic (exact) mass is 255 g/mol. The zero-order valence-electron chi connectivity index (χ0n) is 10.2. The van der Waals surface area contributed by atoms with Crippen molar-refractivity contribution in [3.8, 4) is 0 Å². The molecule has 0 aromatic carbocycles. The topological polar surface area (TPSA) is 38.3 Å². The van der Waals surface area contributed by atoms with E-state index in [1.165, 1.54) is 5.75 Å². The molecule has 3 rings (SSSR count). The van der Waals surface area contributed by atoms with Crippen LogP contribution in [0, 0.1) is 11.8 Å². The smallest absolute Gasteiger partial charge is 0.136 e. The molecule has 1 N–H and O–H groups in total. The number of Topliss-reactive ketones (excluding diaryl/α,β-unsaturated/α-hetero) is 1. The van der Waals surface area contributed by atoms with Gasteiger partial charge < -0.3 is 10.1 Å². The summed E-state index contributed by atoms with van der Waals surface area (Å²) in [6.07, 6.45) is 3.87. The highest BCUT2D eigenvalue weighted by atomic mass is 32.2. The van der Waals surface area contributed by atoms with E-state index in [1.54, 1.807) is 0 Å². The summed E-state index contributed by atoms with van der Waals surface area (Å²) >= 11 is 1.98. The molecule has 4 heteroatoms. The number of hydrogen-bond acceptors (Lipinski definition) is 4. The number of rotatable bonds is 3. The van der Waals surface area contributed by atoms with Crippen LogP contribution in [-0.2, 0) is 9.53 Å². The van der Waals surface area contributed by atoms with E-state index in [1.807, 2.05) is 11.8 Å². The van der Waals surface area contributed by atoms with E-state index in [-0.39, 0.29) is 11.5 Å². The summed E-state index contributed by atoms with van der Waals surface area (Å²) in [4.78, 5) is 12.3. The number of ketones is 1. The Hall–Kier alpha value is -0.0600. The molecule has 2 unspecified atom stereocenters. The lowest BCUT2D eigenvalue weighted by Gasteiger charge is -2.38. The van der Waals surface area contributed by atoms with Crippen LogP contribution in [0.1, 0.15) is 25.7 Å². The highest BCUT2D eigenvalue weighted by Crippen LogP contribution is 2.41. The van der Waals surface area contributed by atoms with E-state index in [4.69, 9.17) is 4.74 Å². The fourth-order valence-electron chi connectivity index (χ4n) is 3.11. The Morgan fingerprint density at radius 2 is 2.35 bits per heavy atom. The highest BCUT2D eigenvalue weighted by molar-refractivity contribution is 7.99. The van der Waals surface area contributed by atoms with Gasteiger partial charge in [-0.25, -0.2) is 0 Å². The van der Waals surface area contributed by atoms with Crippen molar-refractivity contribution in [1.82, 2.24) is 5.32 Å². The molecule has 3 heterocycles. The quantitative estimate of drug-likeness (QED) is 0.829. The molecule has 3 nitrogen and oxygen atoms in total. The second-order valence-corrected chi connectivity index (χ2v) is 6.82. The van der Waals surface area contributed by atoms with Crippen LogP contribution in [0.25, 0.3) is 0 Å². The first kappa shape index (κ1) is 12.0. The van der Waals surface area contributed by atoms with E-state index in [0.717, 1.165) is 51.1 Å². The van der Waals surface area contributed by atoms with E-state index in [9.17, 15) is 4.79 Å². The molecule has 1 spiro atoms. The van der Waals surface area contributed by atoms with Crippen molar-refractivity contribution in [2.24, 2.45) is 11.8 Å². The van der Waals surface area contributed by atoms with Crippen LogP contribution in [0.3, 0.4) is 0 Å². The Bertz CT molecular complexity index is 298. The number of thioether (sulfide) groups is 1. The van der Waals surface area contributed by atoms with Gasteiger partial charge in [-0.2, -0.15) is 11.8 Å². The average molecular weight is 255 g/mol. The third-order valence-electron chi connectivity index (χ3n) is 4.37. The lowest BCUT2D eigenvalue weighted by Crippen LogP contribution is -2.46. The lowest BCUT2D eigenvalue weighted by atomic mass is 9.80. The molecular formula is C13H21NO2S. The Balaban J connectivity index is 1.56. The molecule has 3 aliphatic rings. The number of nitrogens with one attached hydrogen (secondary N) is 1. The van der Waals surface area contributed by atoms with Crippen molar-refractivity contribution < 1.29 is 9.53 Å². The van der Waals surface area contributed by atoms with Gasteiger partial charge in [-0.05, 0) is 44.0 Å². The molecular weight excluding hydrogens is 234 g/mol. The van der Waals surface area contributed by atoms with Crippen LogP contribution < -0.4 is 5.32 Å². The van der Waals surface area contributed by atoms with Crippen molar-refractivity contribution in [3.63, 3.8) is 0 Å². The highest BCUT2D eigenvalue weighted by Gasteiger charge is 2.42. The van der Waals surface area contributed by atoms with Gasteiger partial charge in [-0.3, -0.25) is 4.79 Å². The lowest BCUT2D eigenvalue weighted by molar-refractivity contribution is -0.135. The molecule has 0 radical (unpaired) electrons. The normalized spacial score (nSPS) is 38.2. The molecule has 3 fully saturated rings. The van der Waals surface area contributed by atoms with Gasteiger partial charge in [0.2, 0.25) is 0 Å². The van der Waals surface area contributed by atoms with Gasteiger partial charge in [0.15, 0.2) is 0 Å². The molecule has 3 saturated heterocycles. The third-order valence-corrected chi connectivity index (χ3v) is 5.59. The van der Waals surface area contributed by atoms with Crippen LogP contribution >= 0.6 is 11.8 Å². The standard InChI is InChI=1S/C13H21NO2S/c15-12(5-10-7-14-8-10)11-1-3-16-13(6-11)2-4-17-9-13/h10-11,14H,1-9H2. The van der Waals surface area contributed by atoms with Gasteiger partial charge in [-0.1, -0.05) is 0 Å². The van der Waals surface area contributed by atoms with E-state index >= 15 is 0 Å². The van der Waals surface area contributed by atoms with Gasteiger partial charge >= 0.3 is 0 Å². The van der Waals surface area contributed by atoms with E-state index < -0.39 is 0 Å². The Kier molecular flexibility index (Phi) is 3.46. The van der Waals surface area contributed by atoms with E-state index in [0.29, 0.717) is 11.7 Å². The molecule has 17 heavy (non-hydrogen) atoms. The molecule has 0 aromatic heterocycles. The summed E-state index contributed by atoms with van der Waals surface area (Å²) in [5.41, 5.74) is 0.0567. The second kappa shape index (κ2) is 4.90. The van der Waals surface area contributed by atoms with Gasteiger partial charge in [0.25, 0.3) is 0 Å². The van der Waals surface area contributed by atoms with E-state index in [2.05, 4.69) is 5.32 Å². The maximum atomic E-state index is 12.3. The van der Waals surface area contributed by atoms with Crippen LogP contribution in [0.15, 0.2) is 0 Å². The molecule has 3 aliphatic heterocycles. The summed E-state index contributed by atoms with van der Waals surface area (Å²) in [5, 5.41) is 3.24. The number of carbonyl (C=O) groups excluding carboxylic acids is 1. The number of carbonyl (C=O) groups is 1. The van der Waals surface area contributed by atoms with Gasteiger partial charge in [0, 0.05) is 24.7 Å². The van der Waals surface area contributed by atoms with Crippen molar-refractivity contribution in [2.45, 2.75) is 31.3 Å². The SMILES string of the molecule is O=C(CC1CNC1)C1CCOC2(CCSC2)C1. The van der Waals surface area contributed by atoms with Crippen molar-refractivity contribution >= 4 is 17.5 Å². The van der Waals surface area contributed by atoms with Crippen LogP contribution in [0.2, 0.25) is 0 Å². The van der Waals surface area contributed by atoms with Crippen molar-refractivity contribution in [2.75, 3.05) is 31.2 Å². The van der Waals surface area contributed by atoms with Gasteiger partial charge in [0.05, 0.1) is 5.60 Å². The second-order valence-electron chi connectivity index (χ2n) is 5.72. The summed E-state index contributed by atoms with van der Waals surface area (Å²) in [5.74, 6) is 3.69. The fraction of sp³-hybridized carbons (Fsp3) is 0.923. The first-order valence-corrected chi connectivity index (χ1v) is 7.88. The average Bonchev–Trinajstić information content (AvgIpc) is 2.71. The Morgan fingerprint density at radius 1 is 1.47 bits per heavy atom. The minimum absolute atomic E-state index is 0.0567. The Labute approximate surface area is 107 Å². The number of ether oxygens (including phenoxy) is 1. The minimum Gasteiger partial charge on any atom is -0.374 e. The summed E-state index contributed by atoms with van der Waals surface area (Å²) < 4.78 is 5.97. The molecule has 0 aromatic rings. The predicted octanol–water partition coefficient (Wildman–Crippen LogP) is 1.47. The Morgan fingerprint density at radius 3 is 3.00 bits per heavy atom. The summed E-state index contributed by atoms with van der Waals surface area (Å²) in [6, 6.07) is 0. The van der Waals surface area contributed by atoms with Crippen LogP contribution in [-0.4, -0.2) is 42.6 Å². The summed E-state index contributed by atoms with van der Waals surface area (Å²) in [7, 11) is 0. The molecule has 0 amide bonds. The number of hydrogen-bond donors (Lipinski definition) is 1. The van der Waals surface area contributed by atoms with Crippen LogP contribution in [0.5, 0.6) is 0 Å². The van der Waals surface area contributed by atoms with Crippen molar-refractivity contribution in [3.05, 3.63) is 0 Å². The fourth-order valence-corrected chi connectivity index (χ4v) is 4.49. The van der Waals surface area contributed by atoms with Crippen molar-refractivity contribution in [1.29, 1.82) is 0 Å². The maximum absolute atomic E-state index is 12.3. The first-order chi connectivity index (χ1) is 8.27. The largest absolute Gasteiger partial charge is 0.374 e. The molecule has 96 valence electrons. The van der Waals surface area contributed by atoms with Gasteiger partial charge in [0.1, 0.15) is 5.78 Å². The predicted molar refractivity (Wildman–Crippen MR) is 69.3 cm³/mol.